The van der Waals surface area contributed by atoms with Crippen LogP contribution in [0, 0.1) is 5.92 Å². The number of amides is 1. The van der Waals surface area contributed by atoms with E-state index < -0.39 is 6.04 Å². The molecule has 1 aliphatic rings. The first-order valence-electron chi connectivity index (χ1n) is 5.99. The van der Waals surface area contributed by atoms with Crippen molar-refractivity contribution in [3.8, 4) is 0 Å². The van der Waals surface area contributed by atoms with Crippen molar-refractivity contribution in [2.45, 2.75) is 32.7 Å². The standard InChI is InChI=1S/C12H19NO4S/c1-8(7-18-9(2)14)11(15)13-6-4-5-10(13)12(16)17-3/h8,10H,4-7H2,1-3H3/t8-,10+/m1/s1. The van der Waals surface area contributed by atoms with Crippen molar-refractivity contribution in [2.24, 2.45) is 5.92 Å². The van der Waals surface area contributed by atoms with Crippen LogP contribution in [0.1, 0.15) is 26.7 Å². The van der Waals surface area contributed by atoms with E-state index in [1.165, 1.54) is 14.0 Å². The van der Waals surface area contributed by atoms with E-state index in [1.807, 2.05) is 0 Å². The van der Waals surface area contributed by atoms with Gasteiger partial charge in [-0.15, -0.1) is 0 Å². The minimum Gasteiger partial charge on any atom is -0.467 e. The molecule has 0 spiro atoms. The highest BCUT2D eigenvalue weighted by Gasteiger charge is 2.36. The van der Waals surface area contributed by atoms with Crippen molar-refractivity contribution in [1.82, 2.24) is 4.90 Å². The number of methoxy groups -OCH3 is 1. The fourth-order valence-corrected chi connectivity index (χ4v) is 2.64. The van der Waals surface area contributed by atoms with Crippen molar-refractivity contribution < 1.29 is 19.1 Å². The Hall–Kier alpha value is -1.04. The van der Waals surface area contributed by atoms with Crippen molar-refractivity contribution in [3.63, 3.8) is 0 Å². The van der Waals surface area contributed by atoms with E-state index in [1.54, 1.807) is 11.8 Å². The van der Waals surface area contributed by atoms with E-state index in [0.717, 1.165) is 18.2 Å². The van der Waals surface area contributed by atoms with Gasteiger partial charge in [-0.2, -0.15) is 0 Å². The summed E-state index contributed by atoms with van der Waals surface area (Å²) in [5.74, 6) is -0.230. The first kappa shape index (κ1) is 15.0. The quantitative estimate of drug-likeness (QED) is 0.717. The predicted molar refractivity (Wildman–Crippen MR) is 69.1 cm³/mol. The van der Waals surface area contributed by atoms with Crippen LogP contribution in [0.25, 0.3) is 0 Å². The van der Waals surface area contributed by atoms with Gasteiger partial charge in [-0.25, -0.2) is 4.79 Å². The molecular weight excluding hydrogens is 254 g/mol. The van der Waals surface area contributed by atoms with Gasteiger partial charge in [0.25, 0.3) is 0 Å². The molecule has 1 saturated heterocycles. The number of likely N-dealkylation sites (tertiary alicyclic amines) is 1. The molecule has 18 heavy (non-hydrogen) atoms. The van der Waals surface area contributed by atoms with Crippen LogP contribution in [-0.4, -0.2) is 47.3 Å². The number of esters is 1. The maximum Gasteiger partial charge on any atom is 0.328 e. The third-order valence-electron chi connectivity index (χ3n) is 2.97. The van der Waals surface area contributed by atoms with Gasteiger partial charge in [0.05, 0.1) is 7.11 Å². The maximum absolute atomic E-state index is 12.2. The summed E-state index contributed by atoms with van der Waals surface area (Å²) < 4.78 is 4.70. The molecule has 1 amide bonds. The molecule has 0 aromatic heterocycles. The molecule has 1 aliphatic heterocycles. The molecule has 102 valence electrons. The molecule has 0 saturated carbocycles. The van der Waals surface area contributed by atoms with Gasteiger partial charge in [0.1, 0.15) is 6.04 Å². The summed E-state index contributed by atoms with van der Waals surface area (Å²) >= 11 is 1.14. The number of nitrogens with zero attached hydrogens (tertiary/aromatic N) is 1. The van der Waals surface area contributed by atoms with Crippen molar-refractivity contribution >= 4 is 28.8 Å². The summed E-state index contributed by atoms with van der Waals surface area (Å²) in [7, 11) is 1.33. The second kappa shape index (κ2) is 6.78. The smallest absolute Gasteiger partial charge is 0.328 e. The third-order valence-corrected chi connectivity index (χ3v) is 4.04. The van der Waals surface area contributed by atoms with E-state index in [9.17, 15) is 14.4 Å². The van der Waals surface area contributed by atoms with Gasteiger partial charge >= 0.3 is 5.97 Å². The van der Waals surface area contributed by atoms with E-state index in [2.05, 4.69) is 0 Å². The van der Waals surface area contributed by atoms with Crippen LogP contribution in [0.3, 0.4) is 0 Å². The average Bonchev–Trinajstić information content (AvgIpc) is 2.82. The Morgan fingerprint density at radius 3 is 2.67 bits per heavy atom. The first-order chi connectivity index (χ1) is 8.47. The van der Waals surface area contributed by atoms with Crippen LogP contribution >= 0.6 is 11.8 Å². The molecule has 0 radical (unpaired) electrons. The summed E-state index contributed by atoms with van der Waals surface area (Å²) in [6, 6.07) is -0.452. The first-order valence-corrected chi connectivity index (χ1v) is 6.97. The largest absolute Gasteiger partial charge is 0.467 e. The van der Waals surface area contributed by atoms with E-state index >= 15 is 0 Å². The Kier molecular flexibility index (Phi) is 5.65. The average molecular weight is 273 g/mol. The second-order valence-electron chi connectivity index (χ2n) is 4.42. The van der Waals surface area contributed by atoms with Crippen LogP contribution in [0.4, 0.5) is 0 Å². The summed E-state index contributed by atoms with van der Waals surface area (Å²) in [4.78, 5) is 36.2. The molecular formula is C12H19NO4S. The van der Waals surface area contributed by atoms with Gasteiger partial charge in [-0.1, -0.05) is 18.7 Å². The highest BCUT2D eigenvalue weighted by atomic mass is 32.2. The van der Waals surface area contributed by atoms with Gasteiger partial charge in [-0.05, 0) is 12.8 Å². The molecule has 2 atom stereocenters. The number of ether oxygens (including phenoxy) is 1. The maximum atomic E-state index is 12.2. The number of hydrogen-bond acceptors (Lipinski definition) is 5. The molecule has 1 rings (SSSR count). The normalized spacial score (nSPS) is 20.6. The monoisotopic (exact) mass is 273 g/mol. The van der Waals surface area contributed by atoms with Gasteiger partial charge in [0.2, 0.25) is 5.91 Å². The van der Waals surface area contributed by atoms with Crippen molar-refractivity contribution in [2.75, 3.05) is 19.4 Å². The predicted octanol–water partition coefficient (Wildman–Crippen LogP) is 1.07. The second-order valence-corrected chi connectivity index (χ2v) is 5.61. The molecule has 0 aromatic rings. The molecule has 0 unspecified atom stereocenters. The Bertz CT molecular complexity index is 345. The molecule has 0 bridgehead atoms. The van der Waals surface area contributed by atoms with Crippen molar-refractivity contribution in [1.29, 1.82) is 0 Å². The number of carbonyl (C=O) groups excluding carboxylic acids is 3. The lowest BCUT2D eigenvalue weighted by Crippen LogP contribution is -2.44. The topological polar surface area (TPSA) is 63.7 Å². The Labute approximate surface area is 111 Å². The third kappa shape index (κ3) is 3.73. The zero-order valence-corrected chi connectivity index (χ0v) is 11.8. The van der Waals surface area contributed by atoms with Crippen molar-refractivity contribution in [3.05, 3.63) is 0 Å². The van der Waals surface area contributed by atoms with Crippen LogP contribution in [0.5, 0.6) is 0 Å². The van der Waals surface area contributed by atoms with Crippen LogP contribution in [0.2, 0.25) is 0 Å². The van der Waals surface area contributed by atoms with Crippen LogP contribution in [-0.2, 0) is 19.1 Å². The van der Waals surface area contributed by atoms with E-state index in [4.69, 9.17) is 4.74 Å². The number of hydrogen-bond donors (Lipinski definition) is 0. The zero-order valence-electron chi connectivity index (χ0n) is 11.0. The minimum absolute atomic E-state index is 0.000546. The Balaban J connectivity index is 2.59. The molecule has 0 aliphatic carbocycles. The Morgan fingerprint density at radius 1 is 1.44 bits per heavy atom. The number of carbonyl (C=O) groups is 3. The van der Waals surface area contributed by atoms with Gasteiger partial charge in [0.15, 0.2) is 5.12 Å². The molecule has 0 aromatic carbocycles. The highest BCUT2D eigenvalue weighted by Crippen LogP contribution is 2.22. The zero-order chi connectivity index (χ0) is 13.7. The van der Waals surface area contributed by atoms with E-state index in [0.29, 0.717) is 18.7 Å². The Morgan fingerprint density at radius 2 is 2.11 bits per heavy atom. The molecule has 0 N–H and O–H groups in total. The number of rotatable bonds is 4. The van der Waals surface area contributed by atoms with Gasteiger partial charge < -0.3 is 9.64 Å². The fraction of sp³-hybridized carbons (Fsp3) is 0.750. The molecule has 1 fully saturated rings. The summed E-state index contributed by atoms with van der Waals surface area (Å²) in [5, 5.41) is 0.000546. The number of thioether (sulfide) groups is 1. The van der Waals surface area contributed by atoms with Crippen LogP contribution in [0.15, 0.2) is 0 Å². The lowest BCUT2D eigenvalue weighted by atomic mass is 10.1. The lowest BCUT2D eigenvalue weighted by Gasteiger charge is -2.25. The SMILES string of the molecule is COC(=O)[C@@H]1CCCN1C(=O)[C@H](C)CSC(C)=O. The summed E-state index contributed by atoms with van der Waals surface area (Å²) in [6.07, 6.45) is 1.48. The summed E-state index contributed by atoms with van der Waals surface area (Å²) in [6.45, 7) is 3.85. The van der Waals surface area contributed by atoms with Gasteiger partial charge in [-0.3, -0.25) is 9.59 Å². The minimum atomic E-state index is -0.452. The molecule has 6 heteroatoms. The lowest BCUT2D eigenvalue weighted by molar-refractivity contribution is -0.151. The van der Waals surface area contributed by atoms with Gasteiger partial charge in [0, 0.05) is 25.1 Å². The summed E-state index contributed by atoms with van der Waals surface area (Å²) in [5.41, 5.74) is 0. The fourth-order valence-electron chi connectivity index (χ4n) is 2.01. The van der Waals surface area contributed by atoms with E-state index in [-0.39, 0.29) is 22.9 Å². The highest BCUT2D eigenvalue weighted by molar-refractivity contribution is 8.13. The van der Waals surface area contributed by atoms with Crippen LogP contribution < -0.4 is 0 Å². The molecule has 5 nitrogen and oxygen atoms in total. The molecule has 1 heterocycles.